The van der Waals surface area contributed by atoms with Crippen LogP contribution in [0.4, 0.5) is 11.4 Å². The lowest BCUT2D eigenvalue weighted by atomic mass is 9.90. The van der Waals surface area contributed by atoms with Crippen LogP contribution in [0.3, 0.4) is 0 Å². The second kappa shape index (κ2) is 14.4. The summed E-state index contributed by atoms with van der Waals surface area (Å²) < 4.78 is 10.9. The number of methoxy groups -OCH3 is 2. The fourth-order valence-corrected chi connectivity index (χ4v) is 5.79. The molecule has 1 saturated carbocycles. The molecule has 0 atom stereocenters. The molecule has 0 aliphatic heterocycles. The molecular formula is C34H47N5O3. The molecule has 1 aliphatic rings. The molecule has 0 radical (unpaired) electrons. The zero-order chi connectivity index (χ0) is 30.2. The molecule has 0 aromatic heterocycles. The first-order chi connectivity index (χ1) is 20.2. The summed E-state index contributed by atoms with van der Waals surface area (Å²) in [5.41, 5.74) is 18.3. The molecule has 1 aliphatic carbocycles. The zero-order valence-electron chi connectivity index (χ0n) is 25.8. The Morgan fingerprint density at radius 2 is 1.57 bits per heavy atom. The van der Waals surface area contributed by atoms with Gasteiger partial charge in [-0.1, -0.05) is 24.3 Å². The minimum absolute atomic E-state index is 0.0206. The van der Waals surface area contributed by atoms with Crippen molar-refractivity contribution in [3.05, 3.63) is 71.8 Å². The van der Waals surface area contributed by atoms with E-state index < -0.39 is 0 Å². The Balaban J connectivity index is 1.57. The Morgan fingerprint density at radius 3 is 2.24 bits per heavy atom. The van der Waals surface area contributed by atoms with Gasteiger partial charge in [0.15, 0.2) is 11.5 Å². The quantitative estimate of drug-likeness (QED) is 0.286. The molecule has 0 bridgehead atoms. The molecule has 0 unspecified atom stereocenters. The fraction of sp³-hybridized carbons (Fsp3) is 0.441. The molecule has 0 spiro atoms. The van der Waals surface area contributed by atoms with Gasteiger partial charge in [0.05, 0.1) is 25.6 Å². The van der Waals surface area contributed by atoms with Crippen LogP contribution in [-0.4, -0.2) is 76.2 Å². The van der Waals surface area contributed by atoms with Crippen molar-refractivity contribution in [2.75, 3.05) is 59.1 Å². The molecule has 0 heterocycles. The highest BCUT2D eigenvalue weighted by atomic mass is 16.5. The van der Waals surface area contributed by atoms with Crippen LogP contribution in [0.25, 0.3) is 11.1 Å². The fourth-order valence-electron chi connectivity index (χ4n) is 5.79. The Morgan fingerprint density at radius 1 is 0.857 bits per heavy atom. The number of carbonyl (C=O) groups is 1. The first kappa shape index (κ1) is 31.2. The standard InChI is InChI=1S/C34H47N5O3/c1-37(2)18-7-19-38(3)31-16-10-26(21-30(31)36)25-9-6-8-24(20-25)23-39(29-14-12-28(35)13-15-29)34(40)27-11-17-32(41-4)33(22-27)42-5/h6,8-11,16-17,20-22,28-29H,7,12-15,18-19,23,35-36H2,1-5H3. The number of ether oxygens (including phenoxy) is 2. The van der Waals surface area contributed by atoms with E-state index in [-0.39, 0.29) is 18.0 Å². The van der Waals surface area contributed by atoms with E-state index in [4.69, 9.17) is 20.9 Å². The molecule has 8 heteroatoms. The highest BCUT2D eigenvalue weighted by Gasteiger charge is 2.29. The molecule has 42 heavy (non-hydrogen) atoms. The molecule has 0 saturated heterocycles. The van der Waals surface area contributed by atoms with Gasteiger partial charge in [0.2, 0.25) is 0 Å². The Bertz CT molecular complexity index is 1340. The number of rotatable bonds is 12. The summed E-state index contributed by atoms with van der Waals surface area (Å²) in [7, 11) is 9.44. The van der Waals surface area contributed by atoms with Crippen LogP contribution in [0.2, 0.25) is 0 Å². The van der Waals surface area contributed by atoms with Gasteiger partial charge in [0, 0.05) is 37.8 Å². The Labute approximate surface area is 251 Å². The maximum atomic E-state index is 14.0. The van der Waals surface area contributed by atoms with E-state index in [0.717, 1.165) is 73.3 Å². The lowest BCUT2D eigenvalue weighted by Crippen LogP contribution is -2.43. The van der Waals surface area contributed by atoms with Gasteiger partial charge in [-0.25, -0.2) is 0 Å². The molecule has 4 rings (SSSR count). The number of nitrogen functional groups attached to an aromatic ring is 1. The molecular weight excluding hydrogens is 526 g/mol. The first-order valence-corrected chi connectivity index (χ1v) is 14.8. The van der Waals surface area contributed by atoms with Crippen molar-refractivity contribution in [3.8, 4) is 22.6 Å². The van der Waals surface area contributed by atoms with Crippen LogP contribution in [0, 0.1) is 0 Å². The van der Waals surface area contributed by atoms with Crippen molar-refractivity contribution in [2.45, 2.75) is 50.7 Å². The second-order valence-corrected chi connectivity index (χ2v) is 11.6. The minimum Gasteiger partial charge on any atom is -0.493 e. The third-order valence-corrected chi connectivity index (χ3v) is 8.22. The van der Waals surface area contributed by atoms with Gasteiger partial charge < -0.3 is 35.6 Å². The Kier molecular flexibility index (Phi) is 10.7. The summed E-state index contributed by atoms with van der Waals surface area (Å²) in [6, 6.07) is 20.4. The summed E-state index contributed by atoms with van der Waals surface area (Å²) >= 11 is 0. The monoisotopic (exact) mass is 573 g/mol. The van der Waals surface area contributed by atoms with E-state index in [9.17, 15) is 4.79 Å². The predicted octanol–water partition coefficient (Wildman–Crippen LogP) is 5.25. The van der Waals surface area contributed by atoms with Gasteiger partial charge in [-0.3, -0.25) is 4.79 Å². The molecule has 1 fully saturated rings. The van der Waals surface area contributed by atoms with Crippen LogP contribution in [0.5, 0.6) is 11.5 Å². The van der Waals surface area contributed by atoms with Crippen LogP contribution >= 0.6 is 0 Å². The van der Waals surface area contributed by atoms with E-state index in [0.29, 0.717) is 23.6 Å². The van der Waals surface area contributed by atoms with Gasteiger partial charge >= 0.3 is 0 Å². The number of benzene rings is 3. The largest absolute Gasteiger partial charge is 0.493 e. The number of hydrogen-bond donors (Lipinski definition) is 2. The van der Waals surface area contributed by atoms with Gasteiger partial charge in [-0.05, 0) is 106 Å². The van der Waals surface area contributed by atoms with Crippen LogP contribution in [0.1, 0.15) is 48.0 Å². The smallest absolute Gasteiger partial charge is 0.254 e. The van der Waals surface area contributed by atoms with E-state index >= 15 is 0 Å². The lowest BCUT2D eigenvalue weighted by molar-refractivity contribution is 0.0606. The van der Waals surface area contributed by atoms with Crippen LogP contribution in [0.15, 0.2) is 60.7 Å². The third kappa shape index (κ3) is 7.75. The average Bonchev–Trinajstić information content (AvgIpc) is 2.99. The average molecular weight is 574 g/mol. The molecule has 3 aromatic rings. The van der Waals surface area contributed by atoms with E-state index in [1.54, 1.807) is 26.4 Å². The summed E-state index contributed by atoms with van der Waals surface area (Å²) in [4.78, 5) is 20.4. The van der Waals surface area contributed by atoms with Crippen LogP contribution in [-0.2, 0) is 6.54 Å². The summed E-state index contributed by atoms with van der Waals surface area (Å²) in [6.45, 7) is 2.48. The van der Waals surface area contributed by atoms with Gasteiger partial charge in [-0.15, -0.1) is 0 Å². The van der Waals surface area contributed by atoms with Gasteiger partial charge in [-0.2, -0.15) is 0 Å². The maximum absolute atomic E-state index is 14.0. The zero-order valence-corrected chi connectivity index (χ0v) is 25.8. The number of anilines is 2. The highest BCUT2D eigenvalue weighted by molar-refractivity contribution is 5.95. The number of carbonyl (C=O) groups excluding carboxylic acids is 1. The molecule has 8 nitrogen and oxygen atoms in total. The number of amides is 1. The molecule has 4 N–H and O–H groups in total. The predicted molar refractivity (Wildman–Crippen MR) is 172 cm³/mol. The van der Waals surface area contributed by atoms with Gasteiger partial charge in [0.1, 0.15) is 0 Å². The minimum atomic E-state index is -0.0206. The topological polar surface area (TPSA) is 97.3 Å². The van der Waals surface area contributed by atoms with E-state index in [1.165, 1.54) is 0 Å². The maximum Gasteiger partial charge on any atom is 0.254 e. The number of hydrogen-bond acceptors (Lipinski definition) is 7. The Hall–Kier alpha value is -3.75. The van der Waals surface area contributed by atoms with Crippen LogP contribution < -0.4 is 25.8 Å². The summed E-state index contributed by atoms with van der Waals surface area (Å²) in [5, 5.41) is 0. The van der Waals surface area contributed by atoms with Gasteiger partial charge in [0.25, 0.3) is 5.91 Å². The summed E-state index contributed by atoms with van der Waals surface area (Å²) in [6.07, 6.45) is 4.67. The van der Waals surface area contributed by atoms with Crippen molar-refractivity contribution in [3.63, 3.8) is 0 Å². The lowest BCUT2D eigenvalue weighted by Gasteiger charge is -2.36. The SMILES string of the molecule is COc1ccc(C(=O)N(Cc2cccc(-c3ccc(N(C)CCCN(C)C)c(N)c3)c2)C2CCC(N)CC2)cc1OC. The van der Waals surface area contributed by atoms with Crippen molar-refractivity contribution in [1.82, 2.24) is 9.80 Å². The van der Waals surface area contributed by atoms with Crippen molar-refractivity contribution in [2.24, 2.45) is 5.73 Å². The van der Waals surface area contributed by atoms with E-state index in [2.05, 4.69) is 67.3 Å². The van der Waals surface area contributed by atoms with E-state index in [1.807, 2.05) is 17.0 Å². The second-order valence-electron chi connectivity index (χ2n) is 11.6. The number of nitrogens with two attached hydrogens (primary N) is 2. The molecule has 1 amide bonds. The van der Waals surface area contributed by atoms with Crippen molar-refractivity contribution >= 4 is 17.3 Å². The number of nitrogens with zero attached hydrogens (tertiary/aromatic N) is 3. The highest BCUT2D eigenvalue weighted by Crippen LogP contribution is 2.32. The van der Waals surface area contributed by atoms with Crippen molar-refractivity contribution < 1.29 is 14.3 Å². The van der Waals surface area contributed by atoms with Crippen molar-refractivity contribution in [1.29, 1.82) is 0 Å². The third-order valence-electron chi connectivity index (χ3n) is 8.22. The first-order valence-electron chi connectivity index (χ1n) is 14.8. The molecule has 226 valence electrons. The normalized spacial score (nSPS) is 16.7. The summed E-state index contributed by atoms with van der Waals surface area (Å²) in [5.74, 6) is 1.12. The molecule has 3 aromatic carbocycles.